The average Bonchev–Trinajstić information content (AvgIpc) is 3.29. The summed E-state index contributed by atoms with van der Waals surface area (Å²) in [7, 11) is 2.10. The van der Waals surface area contributed by atoms with Gasteiger partial charge in [-0.05, 0) is 68.5 Å². The summed E-state index contributed by atoms with van der Waals surface area (Å²) in [5, 5.41) is 13.6. The highest BCUT2D eigenvalue weighted by atomic mass is 32.1. The molecule has 0 unspecified atom stereocenters. The van der Waals surface area contributed by atoms with E-state index in [1.807, 2.05) is 12.1 Å². The number of primary amides is 1. The Morgan fingerprint density at radius 3 is 2.84 bits per heavy atom. The van der Waals surface area contributed by atoms with Crippen LogP contribution in [0.15, 0.2) is 36.5 Å². The van der Waals surface area contributed by atoms with E-state index < -0.39 is 5.91 Å². The first kappa shape index (κ1) is 24.5. The lowest BCUT2D eigenvalue weighted by Gasteiger charge is -2.57. The number of carbonyl (C=O) groups excluding carboxylic acids is 2. The number of aromatic nitrogens is 2. The average molecular weight is 529 g/mol. The minimum atomic E-state index is -0.556. The number of rotatable bonds is 6. The predicted octanol–water partition coefficient (Wildman–Crippen LogP) is 3.28. The van der Waals surface area contributed by atoms with Gasteiger partial charge in [-0.1, -0.05) is 0 Å². The number of nitrogens with two attached hydrogens (primary N) is 1. The van der Waals surface area contributed by atoms with E-state index in [0.29, 0.717) is 11.1 Å². The van der Waals surface area contributed by atoms with Crippen molar-refractivity contribution in [3.63, 3.8) is 0 Å². The highest BCUT2D eigenvalue weighted by molar-refractivity contribution is 7.15. The summed E-state index contributed by atoms with van der Waals surface area (Å²) < 4.78 is 5.94. The second-order valence-electron chi connectivity index (χ2n) is 10.7. The molecule has 9 nitrogen and oxygen atoms in total. The standard InChI is InChI=1S/C28H28N6O3S/c1-34-6-4-22-23(15-34)38-27(33-22)18-8-16(14-29)7-17(9-18)25(36)32-19-10-28(11-19)12-20(13-28)37-26-21(24(30)35)3-2-5-31-26/h2-3,5,7-9,19-20H,4,6,10-13,15H2,1H3,(H2,30,35)(H,32,36). The molecule has 2 amide bonds. The van der Waals surface area contributed by atoms with Gasteiger partial charge in [-0.2, -0.15) is 5.26 Å². The number of hydrogen-bond acceptors (Lipinski definition) is 8. The first-order valence-corrected chi connectivity index (χ1v) is 13.6. The van der Waals surface area contributed by atoms with Crippen molar-refractivity contribution in [3.05, 3.63) is 63.8 Å². The van der Waals surface area contributed by atoms with Gasteiger partial charge in [0.25, 0.3) is 11.8 Å². The van der Waals surface area contributed by atoms with Crippen LogP contribution in [0.2, 0.25) is 0 Å². The maximum Gasteiger partial charge on any atom is 0.254 e. The fourth-order valence-electron chi connectivity index (χ4n) is 5.90. The Labute approximate surface area is 224 Å². The number of nitriles is 1. The van der Waals surface area contributed by atoms with Crippen molar-refractivity contribution in [3.8, 4) is 22.5 Å². The van der Waals surface area contributed by atoms with E-state index >= 15 is 0 Å². The van der Waals surface area contributed by atoms with Crippen molar-refractivity contribution in [1.82, 2.24) is 20.2 Å². The van der Waals surface area contributed by atoms with Gasteiger partial charge in [-0.15, -0.1) is 11.3 Å². The normalized spacial score (nSPS) is 24.0. The molecule has 2 aromatic heterocycles. The van der Waals surface area contributed by atoms with Crippen LogP contribution in [-0.2, 0) is 13.0 Å². The summed E-state index contributed by atoms with van der Waals surface area (Å²) in [4.78, 5) is 37.2. The largest absolute Gasteiger partial charge is 0.474 e. The van der Waals surface area contributed by atoms with E-state index in [2.05, 4.69) is 28.3 Å². The Morgan fingerprint density at radius 2 is 2.08 bits per heavy atom. The van der Waals surface area contributed by atoms with Crippen molar-refractivity contribution in [1.29, 1.82) is 5.26 Å². The number of ether oxygens (including phenoxy) is 1. The van der Waals surface area contributed by atoms with Gasteiger partial charge < -0.3 is 20.7 Å². The van der Waals surface area contributed by atoms with Gasteiger partial charge in [-0.25, -0.2) is 9.97 Å². The molecule has 3 aromatic rings. The highest BCUT2D eigenvalue weighted by Gasteiger charge is 2.54. The Bertz CT molecular complexity index is 1460. The molecule has 1 aromatic carbocycles. The molecule has 0 radical (unpaired) electrons. The fraction of sp³-hybridized carbons (Fsp3) is 0.393. The van der Waals surface area contributed by atoms with Crippen molar-refractivity contribution < 1.29 is 14.3 Å². The van der Waals surface area contributed by atoms with Gasteiger partial charge in [0.05, 0.1) is 17.3 Å². The molecule has 0 atom stereocenters. The molecule has 38 heavy (non-hydrogen) atoms. The Hall–Kier alpha value is -3.81. The first-order valence-electron chi connectivity index (χ1n) is 12.8. The lowest BCUT2D eigenvalue weighted by atomic mass is 9.53. The van der Waals surface area contributed by atoms with Crippen LogP contribution in [-0.4, -0.2) is 52.4 Å². The van der Waals surface area contributed by atoms with Crippen molar-refractivity contribution in [2.45, 2.75) is 50.8 Å². The van der Waals surface area contributed by atoms with Gasteiger partial charge >= 0.3 is 0 Å². The van der Waals surface area contributed by atoms with E-state index in [4.69, 9.17) is 15.5 Å². The second-order valence-corrected chi connectivity index (χ2v) is 11.8. The Morgan fingerprint density at radius 1 is 1.26 bits per heavy atom. The number of carbonyl (C=O) groups is 2. The second kappa shape index (κ2) is 9.49. The van der Waals surface area contributed by atoms with E-state index in [-0.39, 0.29) is 34.9 Å². The van der Waals surface area contributed by atoms with Crippen LogP contribution in [0.25, 0.3) is 10.6 Å². The monoisotopic (exact) mass is 528 g/mol. The molecule has 3 aliphatic rings. The van der Waals surface area contributed by atoms with Crippen LogP contribution in [0.3, 0.4) is 0 Å². The summed E-state index contributed by atoms with van der Waals surface area (Å²) in [6.45, 7) is 1.86. The lowest BCUT2D eigenvalue weighted by molar-refractivity contribution is -0.0848. The minimum absolute atomic E-state index is 0.0153. The Balaban J connectivity index is 1.07. The summed E-state index contributed by atoms with van der Waals surface area (Å²) in [6.07, 6.45) is 5.94. The number of nitrogens with zero attached hydrogens (tertiary/aromatic N) is 4. The summed E-state index contributed by atoms with van der Waals surface area (Å²) >= 11 is 1.64. The number of fused-ring (bicyclic) bond motifs is 1. The summed E-state index contributed by atoms with van der Waals surface area (Å²) in [5.74, 6) is -0.444. The molecular weight excluding hydrogens is 500 g/mol. The molecule has 2 fully saturated rings. The highest BCUT2D eigenvalue weighted by Crippen LogP contribution is 2.56. The molecule has 194 valence electrons. The molecule has 2 saturated carbocycles. The van der Waals surface area contributed by atoms with Crippen LogP contribution in [0.4, 0.5) is 0 Å². The zero-order valence-corrected chi connectivity index (χ0v) is 21.9. The van der Waals surface area contributed by atoms with E-state index in [1.54, 1.807) is 35.7 Å². The molecule has 3 heterocycles. The number of amides is 2. The number of likely N-dealkylation sites (N-methyl/N-ethyl adjacent to an activating group) is 1. The number of pyridine rings is 1. The number of hydrogen-bond donors (Lipinski definition) is 2. The van der Waals surface area contributed by atoms with Crippen LogP contribution < -0.4 is 15.8 Å². The van der Waals surface area contributed by atoms with Crippen LogP contribution in [0.5, 0.6) is 5.88 Å². The molecule has 1 spiro atoms. The zero-order chi connectivity index (χ0) is 26.4. The molecule has 1 aliphatic heterocycles. The van der Waals surface area contributed by atoms with E-state index in [1.165, 1.54) is 4.88 Å². The van der Waals surface area contributed by atoms with Crippen molar-refractivity contribution in [2.24, 2.45) is 11.1 Å². The summed E-state index contributed by atoms with van der Waals surface area (Å²) in [5.41, 5.74) is 8.72. The smallest absolute Gasteiger partial charge is 0.254 e. The van der Waals surface area contributed by atoms with Crippen molar-refractivity contribution in [2.75, 3.05) is 13.6 Å². The van der Waals surface area contributed by atoms with Crippen LogP contribution in [0, 0.1) is 16.7 Å². The SMILES string of the molecule is CN1CCc2nc(-c3cc(C#N)cc(C(=O)NC4CC5(C4)CC(Oc4ncccc4C(N)=O)C5)c3)sc2C1. The maximum absolute atomic E-state index is 13.1. The molecule has 2 aliphatic carbocycles. The minimum Gasteiger partial charge on any atom is -0.474 e. The number of nitrogens with one attached hydrogen (secondary N) is 1. The Kier molecular flexibility index (Phi) is 6.13. The molecule has 3 N–H and O–H groups in total. The van der Waals surface area contributed by atoms with Crippen LogP contribution >= 0.6 is 11.3 Å². The third-order valence-electron chi connectivity index (χ3n) is 7.82. The molecule has 0 bridgehead atoms. The quantitative estimate of drug-likeness (QED) is 0.501. The van der Waals surface area contributed by atoms with Crippen molar-refractivity contribution >= 4 is 23.2 Å². The van der Waals surface area contributed by atoms with Gasteiger partial charge in [0.2, 0.25) is 5.88 Å². The van der Waals surface area contributed by atoms with Gasteiger partial charge in [0, 0.05) is 47.8 Å². The number of benzene rings is 1. The van der Waals surface area contributed by atoms with Gasteiger partial charge in [0.1, 0.15) is 16.7 Å². The first-order chi connectivity index (χ1) is 18.3. The topological polar surface area (TPSA) is 134 Å². The van der Waals surface area contributed by atoms with E-state index in [9.17, 15) is 14.9 Å². The van der Waals surface area contributed by atoms with Crippen LogP contribution in [0.1, 0.15) is 62.5 Å². The fourth-order valence-corrected chi connectivity index (χ4v) is 7.08. The molecule has 10 heteroatoms. The zero-order valence-electron chi connectivity index (χ0n) is 21.1. The van der Waals surface area contributed by atoms with Gasteiger partial charge in [-0.3, -0.25) is 9.59 Å². The molecular formula is C28H28N6O3S. The molecule has 6 rings (SSSR count). The third-order valence-corrected chi connectivity index (χ3v) is 8.96. The van der Waals surface area contributed by atoms with E-state index in [0.717, 1.165) is 61.5 Å². The summed E-state index contributed by atoms with van der Waals surface area (Å²) in [6, 6.07) is 10.8. The lowest BCUT2D eigenvalue weighted by Crippen LogP contribution is -2.58. The number of thiazole rings is 1. The van der Waals surface area contributed by atoms with Gasteiger partial charge in [0.15, 0.2) is 0 Å². The maximum atomic E-state index is 13.1. The third kappa shape index (κ3) is 4.64. The molecule has 0 saturated heterocycles. The predicted molar refractivity (Wildman–Crippen MR) is 142 cm³/mol.